The number of β-lactam (4-membered cyclic amide) rings is 1. The maximum absolute atomic E-state index is 13.0. The molecule has 160 valence electrons. The van der Waals surface area contributed by atoms with Crippen LogP contribution < -0.4 is 0 Å². The van der Waals surface area contributed by atoms with Crippen LogP contribution in [-0.2, 0) is 20.6 Å². The summed E-state index contributed by atoms with van der Waals surface area (Å²) in [7, 11) is -1.93. The molecule has 1 heterocycles. The summed E-state index contributed by atoms with van der Waals surface area (Å²) in [6.07, 6.45) is 4.68. The van der Waals surface area contributed by atoms with Gasteiger partial charge in [-0.05, 0) is 42.5 Å². The van der Waals surface area contributed by atoms with Crippen molar-refractivity contribution in [2.24, 2.45) is 5.92 Å². The zero-order valence-electron chi connectivity index (χ0n) is 18.1. The average molecular weight is 418 g/mol. The molecule has 0 aromatic heterocycles. The van der Waals surface area contributed by atoms with Gasteiger partial charge in [-0.1, -0.05) is 70.4 Å². The Bertz CT molecular complexity index is 677. The van der Waals surface area contributed by atoms with Gasteiger partial charge in [0.1, 0.15) is 12.7 Å². The summed E-state index contributed by atoms with van der Waals surface area (Å²) in [4.78, 5) is 27.2. The Balaban J connectivity index is 1.73. The fourth-order valence-corrected chi connectivity index (χ4v) is 7.59. The first-order chi connectivity index (χ1) is 14.0. The van der Waals surface area contributed by atoms with Gasteiger partial charge in [-0.2, -0.15) is 0 Å². The molecule has 6 heteroatoms. The minimum atomic E-state index is -1.93. The Labute approximate surface area is 175 Å². The predicted molar refractivity (Wildman–Crippen MR) is 116 cm³/mol. The number of carbonyl (C=O) groups excluding carboxylic acids is 2. The van der Waals surface area contributed by atoms with Crippen molar-refractivity contribution in [2.75, 3.05) is 0 Å². The van der Waals surface area contributed by atoms with Gasteiger partial charge in [0.05, 0.1) is 6.04 Å². The lowest BCUT2D eigenvalue weighted by Crippen LogP contribution is -2.72. The van der Waals surface area contributed by atoms with Gasteiger partial charge in [0.25, 0.3) is 5.91 Å². The van der Waals surface area contributed by atoms with Crippen LogP contribution in [0.3, 0.4) is 0 Å². The van der Waals surface area contributed by atoms with Crippen molar-refractivity contribution in [2.45, 2.75) is 89.8 Å². The van der Waals surface area contributed by atoms with Crippen LogP contribution in [-0.4, -0.2) is 37.4 Å². The molecule has 0 spiro atoms. The lowest BCUT2D eigenvalue weighted by atomic mass is 9.77. The summed E-state index contributed by atoms with van der Waals surface area (Å²) >= 11 is 0. The first-order valence-electron chi connectivity index (χ1n) is 11.3. The van der Waals surface area contributed by atoms with Crippen LogP contribution >= 0.6 is 0 Å². The Kier molecular flexibility index (Phi) is 7.52. The summed E-state index contributed by atoms with van der Waals surface area (Å²) in [5, 5.41) is 0. The van der Waals surface area contributed by atoms with E-state index in [2.05, 4.69) is 20.8 Å². The second-order valence-corrected chi connectivity index (χ2v) is 13.1. The summed E-state index contributed by atoms with van der Waals surface area (Å²) in [5.41, 5.74) is 0.921. The highest BCUT2D eigenvalue weighted by Crippen LogP contribution is 2.40. The first-order valence-corrected chi connectivity index (χ1v) is 13.8. The number of hydrogen-bond acceptors (Lipinski definition) is 4. The SMILES string of the molecule is CC[Si](CC)(CC)O[C@@H]1C(=O)N(C(=O)OCc2ccccc2)[C@@H]1C1CCCCC1. The Morgan fingerprint density at radius 1 is 1.03 bits per heavy atom. The van der Waals surface area contributed by atoms with Gasteiger partial charge >= 0.3 is 6.09 Å². The van der Waals surface area contributed by atoms with Crippen molar-refractivity contribution in [1.82, 2.24) is 4.90 Å². The molecule has 1 saturated heterocycles. The second kappa shape index (κ2) is 9.89. The Hall–Kier alpha value is -1.66. The zero-order valence-corrected chi connectivity index (χ0v) is 19.1. The fraction of sp³-hybridized carbons (Fsp3) is 0.652. The Morgan fingerprint density at radius 2 is 1.66 bits per heavy atom. The maximum atomic E-state index is 13.0. The van der Waals surface area contributed by atoms with Crippen LogP contribution in [0.2, 0.25) is 18.1 Å². The molecule has 0 unspecified atom stereocenters. The normalized spacial score (nSPS) is 23.0. The molecule has 3 rings (SSSR count). The van der Waals surface area contributed by atoms with Crippen LogP contribution in [0.25, 0.3) is 0 Å². The van der Waals surface area contributed by atoms with Crippen molar-refractivity contribution >= 4 is 20.3 Å². The quantitative estimate of drug-likeness (QED) is 0.414. The van der Waals surface area contributed by atoms with E-state index >= 15 is 0 Å². The molecule has 2 amide bonds. The fourth-order valence-electron chi connectivity index (χ4n) is 4.81. The maximum Gasteiger partial charge on any atom is 0.417 e. The Morgan fingerprint density at radius 3 is 2.24 bits per heavy atom. The molecule has 5 nitrogen and oxygen atoms in total. The molecule has 1 aromatic rings. The molecule has 2 atom stereocenters. The first kappa shape index (κ1) is 22.0. The van der Waals surface area contributed by atoms with Gasteiger partial charge in [0.2, 0.25) is 0 Å². The van der Waals surface area contributed by atoms with Crippen LogP contribution in [0.5, 0.6) is 0 Å². The van der Waals surface area contributed by atoms with Gasteiger partial charge in [-0.3, -0.25) is 4.79 Å². The molecule has 1 aliphatic heterocycles. The highest BCUT2D eigenvalue weighted by Gasteiger charge is 2.57. The molecular formula is C23H35NO4Si. The van der Waals surface area contributed by atoms with E-state index in [1.165, 1.54) is 11.3 Å². The van der Waals surface area contributed by atoms with Crippen molar-refractivity contribution in [3.63, 3.8) is 0 Å². The smallest absolute Gasteiger partial charge is 0.417 e. The van der Waals surface area contributed by atoms with Gasteiger partial charge in [0, 0.05) is 0 Å². The number of imide groups is 1. The highest BCUT2D eigenvalue weighted by atomic mass is 28.4. The molecule has 2 fully saturated rings. The number of likely N-dealkylation sites (tertiary alicyclic amines) is 1. The minimum absolute atomic E-state index is 0.164. The third kappa shape index (κ3) is 4.74. The topological polar surface area (TPSA) is 55.8 Å². The number of ether oxygens (including phenoxy) is 1. The molecule has 29 heavy (non-hydrogen) atoms. The van der Waals surface area contributed by atoms with Crippen molar-refractivity contribution < 1.29 is 18.8 Å². The van der Waals surface area contributed by atoms with E-state index in [0.29, 0.717) is 5.92 Å². The highest BCUT2D eigenvalue weighted by molar-refractivity contribution is 6.73. The molecule has 0 radical (unpaired) electrons. The molecule has 1 aromatic carbocycles. The number of hydrogen-bond donors (Lipinski definition) is 0. The molecule has 1 saturated carbocycles. The van der Waals surface area contributed by atoms with Gasteiger partial charge in [0.15, 0.2) is 8.32 Å². The number of rotatable bonds is 8. The summed E-state index contributed by atoms with van der Waals surface area (Å²) in [5.74, 6) is 0.124. The summed E-state index contributed by atoms with van der Waals surface area (Å²) in [6, 6.07) is 12.4. The van der Waals surface area contributed by atoms with E-state index in [1.54, 1.807) is 0 Å². The zero-order chi connectivity index (χ0) is 20.9. The van der Waals surface area contributed by atoms with Crippen LogP contribution in [0.15, 0.2) is 30.3 Å². The molecule has 2 aliphatic rings. The lowest BCUT2D eigenvalue weighted by molar-refractivity contribution is -0.165. The van der Waals surface area contributed by atoms with E-state index in [0.717, 1.165) is 49.4 Å². The predicted octanol–water partition coefficient (Wildman–Crippen LogP) is 5.50. The van der Waals surface area contributed by atoms with Gasteiger partial charge in [-0.25, -0.2) is 9.69 Å². The summed E-state index contributed by atoms with van der Waals surface area (Å²) < 4.78 is 12.1. The number of benzene rings is 1. The van der Waals surface area contributed by atoms with Crippen LogP contribution in [0, 0.1) is 5.92 Å². The summed E-state index contributed by atoms with van der Waals surface area (Å²) in [6.45, 7) is 6.70. The van der Waals surface area contributed by atoms with E-state index in [4.69, 9.17) is 9.16 Å². The monoisotopic (exact) mass is 417 g/mol. The molecule has 0 bridgehead atoms. The van der Waals surface area contributed by atoms with E-state index in [-0.39, 0.29) is 18.6 Å². The molecule has 0 N–H and O–H groups in total. The van der Waals surface area contributed by atoms with Crippen LogP contribution in [0.1, 0.15) is 58.4 Å². The van der Waals surface area contributed by atoms with E-state index < -0.39 is 20.5 Å². The van der Waals surface area contributed by atoms with Crippen LogP contribution in [0.4, 0.5) is 4.79 Å². The van der Waals surface area contributed by atoms with Gasteiger partial charge in [-0.15, -0.1) is 0 Å². The largest absolute Gasteiger partial charge is 0.444 e. The van der Waals surface area contributed by atoms with Gasteiger partial charge < -0.3 is 9.16 Å². The lowest BCUT2D eigenvalue weighted by Gasteiger charge is -2.51. The van der Waals surface area contributed by atoms with E-state index in [1.807, 2.05) is 30.3 Å². The number of amides is 2. The molecule has 1 aliphatic carbocycles. The van der Waals surface area contributed by atoms with Crippen molar-refractivity contribution in [3.05, 3.63) is 35.9 Å². The third-order valence-corrected chi connectivity index (χ3v) is 11.6. The number of carbonyl (C=O) groups is 2. The second-order valence-electron chi connectivity index (χ2n) is 8.42. The molecular weight excluding hydrogens is 382 g/mol. The van der Waals surface area contributed by atoms with Crippen molar-refractivity contribution in [3.8, 4) is 0 Å². The van der Waals surface area contributed by atoms with Crippen molar-refractivity contribution in [1.29, 1.82) is 0 Å². The minimum Gasteiger partial charge on any atom is -0.444 e. The number of nitrogens with zero attached hydrogens (tertiary/aromatic N) is 1. The van der Waals surface area contributed by atoms with E-state index in [9.17, 15) is 9.59 Å². The standard InChI is InChI=1S/C23H35NO4Si/c1-4-29(5-2,6-3)28-21-20(19-15-11-8-12-16-19)24(22(21)25)23(26)27-17-18-13-9-7-10-14-18/h7,9-10,13-14,19-21H,4-6,8,11-12,15-17H2,1-3H3/t20-,21+/m1/s1. The third-order valence-electron chi connectivity index (χ3n) is 6.93. The average Bonchev–Trinajstić information content (AvgIpc) is 2.78.